The molecule has 0 aliphatic heterocycles. The van der Waals surface area contributed by atoms with Crippen LogP contribution >= 0.6 is 0 Å². The molecule has 9 nitrogen and oxygen atoms in total. The average molecular weight is 529 g/mol. The zero-order valence-corrected chi connectivity index (χ0v) is 22.5. The lowest BCUT2D eigenvalue weighted by Gasteiger charge is -2.25. The summed E-state index contributed by atoms with van der Waals surface area (Å²) in [6.07, 6.45) is 0. The Hall–Kier alpha value is -4.63. The van der Waals surface area contributed by atoms with Crippen LogP contribution in [0.3, 0.4) is 0 Å². The van der Waals surface area contributed by atoms with Gasteiger partial charge < -0.3 is 29.9 Å². The highest BCUT2D eigenvalue weighted by Crippen LogP contribution is 2.29. The lowest BCUT2D eigenvalue weighted by molar-refractivity contribution is 0.0728. The predicted molar refractivity (Wildman–Crippen MR) is 148 cm³/mol. The summed E-state index contributed by atoms with van der Waals surface area (Å²) >= 11 is 0. The largest absolute Gasteiger partial charge is 0.493 e. The van der Waals surface area contributed by atoms with Crippen LogP contribution in [0.15, 0.2) is 71.3 Å². The standard InChI is InChI=1S/C30H32N4O5/c1-19-28(20(2)39-33-19)30(36)34(17-22-9-7-8-21(14-22)16-31)18-24-10-5-6-11-25(24)32-29(35)23-12-13-26(37-3)27(15-23)38-4/h5-15H,16-18,31H2,1-4H3,(H,32,35). The number of aromatic nitrogens is 1. The smallest absolute Gasteiger partial charge is 0.259 e. The molecular weight excluding hydrogens is 496 g/mol. The summed E-state index contributed by atoms with van der Waals surface area (Å²) in [6.45, 7) is 4.43. The van der Waals surface area contributed by atoms with Gasteiger partial charge in [0.25, 0.3) is 11.8 Å². The molecule has 0 radical (unpaired) electrons. The van der Waals surface area contributed by atoms with Crippen molar-refractivity contribution in [2.45, 2.75) is 33.5 Å². The number of nitrogens with one attached hydrogen (secondary N) is 1. The summed E-state index contributed by atoms with van der Waals surface area (Å²) in [5.41, 5.74) is 10.5. The summed E-state index contributed by atoms with van der Waals surface area (Å²) < 4.78 is 15.9. The molecule has 0 fully saturated rings. The van der Waals surface area contributed by atoms with E-state index in [0.717, 1.165) is 16.7 Å². The predicted octanol–water partition coefficient (Wildman–Crippen LogP) is 4.86. The first-order valence-corrected chi connectivity index (χ1v) is 12.5. The number of benzene rings is 3. The third kappa shape index (κ3) is 6.27. The molecule has 9 heteroatoms. The Bertz CT molecular complexity index is 1460. The van der Waals surface area contributed by atoms with Crippen LogP contribution in [0.25, 0.3) is 0 Å². The van der Waals surface area contributed by atoms with Crippen LogP contribution in [0.4, 0.5) is 5.69 Å². The number of carbonyl (C=O) groups is 2. The van der Waals surface area contributed by atoms with Crippen molar-refractivity contribution >= 4 is 17.5 Å². The molecule has 3 aromatic carbocycles. The summed E-state index contributed by atoms with van der Waals surface area (Å²) in [7, 11) is 3.05. The van der Waals surface area contributed by atoms with Gasteiger partial charge in [0.15, 0.2) is 11.5 Å². The Balaban J connectivity index is 1.64. The van der Waals surface area contributed by atoms with E-state index in [1.54, 1.807) is 36.9 Å². The van der Waals surface area contributed by atoms with E-state index in [4.69, 9.17) is 19.7 Å². The molecule has 3 N–H and O–H groups in total. The summed E-state index contributed by atoms with van der Waals surface area (Å²) in [4.78, 5) is 28.7. The first-order chi connectivity index (χ1) is 18.8. The van der Waals surface area contributed by atoms with E-state index in [-0.39, 0.29) is 18.4 Å². The molecule has 0 unspecified atom stereocenters. The molecule has 4 rings (SSSR count). The van der Waals surface area contributed by atoms with Gasteiger partial charge >= 0.3 is 0 Å². The van der Waals surface area contributed by atoms with Crippen LogP contribution in [-0.2, 0) is 19.6 Å². The van der Waals surface area contributed by atoms with Crippen LogP contribution in [0.5, 0.6) is 11.5 Å². The van der Waals surface area contributed by atoms with Crippen molar-refractivity contribution in [2.75, 3.05) is 19.5 Å². The van der Waals surface area contributed by atoms with Gasteiger partial charge in [-0.1, -0.05) is 47.6 Å². The molecule has 2 amide bonds. The van der Waals surface area contributed by atoms with Crippen molar-refractivity contribution < 1.29 is 23.6 Å². The van der Waals surface area contributed by atoms with Gasteiger partial charge in [-0.25, -0.2) is 0 Å². The number of ether oxygens (including phenoxy) is 2. The number of amides is 2. The van der Waals surface area contributed by atoms with Crippen LogP contribution in [0.1, 0.15) is 48.9 Å². The third-order valence-corrected chi connectivity index (χ3v) is 6.41. The van der Waals surface area contributed by atoms with Gasteiger partial charge in [0.2, 0.25) is 0 Å². The first-order valence-electron chi connectivity index (χ1n) is 12.5. The third-order valence-electron chi connectivity index (χ3n) is 6.41. The zero-order valence-electron chi connectivity index (χ0n) is 22.5. The Kier molecular flexibility index (Phi) is 8.63. The second kappa shape index (κ2) is 12.3. The first kappa shape index (κ1) is 27.4. The van der Waals surface area contributed by atoms with E-state index in [1.165, 1.54) is 14.2 Å². The van der Waals surface area contributed by atoms with Crippen LogP contribution in [0.2, 0.25) is 0 Å². The Morgan fingerprint density at radius 1 is 0.923 bits per heavy atom. The fraction of sp³-hybridized carbons (Fsp3) is 0.233. The lowest BCUT2D eigenvalue weighted by Crippen LogP contribution is -2.31. The molecule has 0 saturated carbocycles. The van der Waals surface area contributed by atoms with Gasteiger partial charge in [0.05, 0.1) is 19.9 Å². The van der Waals surface area contributed by atoms with E-state index in [2.05, 4.69) is 10.5 Å². The molecule has 0 saturated heterocycles. The molecule has 202 valence electrons. The van der Waals surface area contributed by atoms with E-state index in [0.29, 0.717) is 52.9 Å². The molecule has 0 aliphatic rings. The van der Waals surface area contributed by atoms with Crippen molar-refractivity contribution in [1.82, 2.24) is 10.1 Å². The molecule has 1 heterocycles. The fourth-order valence-corrected chi connectivity index (χ4v) is 4.38. The monoisotopic (exact) mass is 528 g/mol. The molecule has 39 heavy (non-hydrogen) atoms. The maximum absolute atomic E-state index is 13.8. The molecular formula is C30H32N4O5. The molecule has 0 atom stereocenters. The number of anilines is 1. The second-order valence-corrected chi connectivity index (χ2v) is 9.07. The van der Waals surface area contributed by atoms with Crippen LogP contribution in [-0.4, -0.2) is 36.1 Å². The van der Waals surface area contributed by atoms with Gasteiger partial charge in [0, 0.05) is 30.9 Å². The van der Waals surface area contributed by atoms with Gasteiger partial charge in [-0.2, -0.15) is 0 Å². The van der Waals surface area contributed by atoms with Crippen LogP contribution < -0.4 is 20.5 Å². The average Bonchev–Trinajstić information content (AvgIpc) is 3.30. The maximum Gasteiger partial charge on any atom is 0.259 e. The van der Waals surface area contributed by atoms with Gasteiger partial charge in [-0.3, -0.25) is 9.59 Å². The normalized spacial score (nSPS) is 10.7. The minimum atomic E-state index is -0.317. The van der Waals surface area contributed by atoms with Crippen molar-refractivity contribution in [3.05, 3.63) is 106 Å². The fourth-order valence-electron chi connectivity index (χ4n) is 4.38. The molecule has 1 aromatic heterocycles. The molecule has 4 aromatic rings. The van der Waals surface area contributed by atoms with Crippen molar-refractivity contribution in [2.24, 2.45) is 5.73 Å². The highest BCUT2D eigenvalue weighted by molar-refractivity contribution is 6.05. The maximum atomic E-state index is 13.8. The number of carbonyl (C=O) groups excluding carboxylic acids is 2. The number of rotatable bonds is 10. The van der Waals surface area contributed by atoms with E-state index in [1.807, 2.05) is 48.5 Å². The van der Waals surface area contributed by atoms with Crippen LogP contribution in [0, 0.1) is 13.8 Å². The number of nitrogens with zero attached hydrogens (tertiary/aromatic N) is 2. The van der Waals surface area contributed by atoms with Crippen molar-refractivity contribution in [1.29, 1.82) is 0 Å². The Labute approximate surface area is 227 Å². The van der Waals surface area contributed by atoms with E-state index < -0.39 is 0 Å². The van der Waals surface area contributed by atoms with Crippen molar-refractivity contribution in [3.63, 3.8) is 0 Å². The van der Waals surface area contributed by atoms with Gasteiger partial charge in [-0.05, 0) is 54.8 Å². The minimum Gasteiger partial charge on any atom is -0.493 e. The molecule has 0 spiro atoms. The Morgan fingerprint density at radius 3 is 2.36 bits per heavy atom. The second-order valence-electron chi connectivity index (χ2n) is 9.07. The highest BCUT2D eigenvalue weighted by Gasteiger charge is 2.25. The number of aryl methyl sites for hydroxylation is 2. The number of hydrogen-bond donors (Lipinski definition) is 2. The highest BCUT2D eigenvalue weighted by atomic mass is 16.5. The Morgan fingerprint density at radius 2 is 1.67 bits per heavy atom. The molecule has 0 bridgehead atoms. The number of hydrogen-bond acceptors (Lipinski definition) is 7. The van der Waals surface area contributed by atoms with Crippen molar-refractivity contribution in [3.8, 4) is 11.5 Å². The topological polar surface area (TPSA) is 120 Å². The number of para-hydroxylation sites is 1. The summed E-state index contributed by atoms with van der Waals surface area (Å²) in [6, 6.07) is 20.2. The zero-order chi connectivity index (χ0) is 27.9. The van der Waals surface area contributed by atoms with E-state index in [9.17, 15) is 9.59 Å². The number of methoxy groups -OCH3 is 2. The SMILES string of the molecule is COc1ccc(C(=O)Nc2ccccc2CN(Cc2cccc(CN)c2)C(=O)c2c(C)noc2C)cc1OC. The summed E-state index contributed by atoms with van der Waals surface area (Å²) in [5.74, 6) is 0.900. The number of nitrogens with two attached hydrogens (primary N) is 1. The lowest BCUT2D eigenvalue weighted by atomic mass is 10.1. The summed E-state index contributed by atoms with van der Waals surface area (Å²) in [5, 5.41) is 6.94. The molecule has 0 aliphatic carbocycles. The quantitative estimate of drug-likeness (QED) is 0.302. The van der Waals surface area contributed by atoms with Gasteiger partial charge in [-0.15, -0.1) is 0 Å². The van der Waals surface area contributed by atoms with E-state index >= 15 is 0 Å². The minimum absolute atomic E-state index is 0.217. The van der Waals surface area contributed by atoms with Gasteiger partial charge in [0.1, 0.15) is 11.3 Å².